The number of ether oxygens (including phenoxy) is 1. The molecule has 0 saturated carbocycles. The molecule has 3 unspecified atom stereocenters. The lowest BCUT2D eigenvalue weighted by atomic mass is 9.66. The Morgan fingerprint density at radius 1 is 1.29 bits per heavy atom. The molecule has 2 bridgehead atoms. The van der Waals surface area contributed by atoms with Crippen LogP contribution in [0.2, 0.25) is 0 Å². The van der Waals surface area contributed by atoms with Crippen molar-refractivity contribution in [3.8, 4) is 0 Å². The zero-order valence-electron chi connectivity index (χ0n) is 22.5. The van der Waals surface area contributed by atoms with Crippen LogP contribution in [0.15, 0.2) is 55.6 Å². The van der Waals surface area contributed by atoms with Crippen LogP contribution in [-0.2, 0) is 19.1 Å². The number of fused-ring (bicyclic) bond motifs is 1. The normalized spacial score (nSPS) is 30.1. The molecule has 1 spiro atoms. The first kappa shape index (κ1) is 28.4. The largest absolute Gasteiger partial charge is 0.465 e. The lowest BCUT2D eigenvalue weighted by molar-refractivity contribution is -0.155. The van der Waals surface area contributed by atoms with Crippen molar-refractivity contribution in [2.45, 2.75) is 61.6 Å². The van der Waals surface area contributed by atoms with Crippen LogP contribution in [0.25, 0.3) is 0 Å². The molecule has 3 aliphatic heterocycles. The minimum Gasteiger partial charge on any atom is -0.465 e. The second-order valence-electron chi connectivity index (χ2n) is 10.6. The number of aliphatic hydroxyl groups is 1. The standard InChI is InChI=1S/C30H40N2O5S/c1-5-8-16-31(15-7-3)28(35)26-30-20(4)18-23(38-30)24(29(36)37-17-9-6-2)25(30)27(34)32(26)22(19-33)21-13-11-10-12-14-21/h6-7,10-14,20,22-26,33H,2-3,5,8-9,15-19H2,1,4H3/t20?,22-,23-,24+,25+,26?,30?/m1/s1. The molecule has 3 heterocycles. The van der Waals surface area contributed by atoms with Crippen molar-refractivity contribution in [2.75, 3.05) is 26.3 Å². The van der Waals surface area contributed by atoms with Crippen LogP contribution >= 0.6 is 11.8 Å². The monoisotopic (exact) mass is 540 g/mol. The minimum atomic E-state index is -0.801. The molecular weight excluding hydrogens is 500 g/mol. The number of benzene rings is 1. The van der Waals surface area contributed by atoms with E-state index in [1.54, 1.807) is 33.7 Å². The third-order valence-corrected chi connectivity index (χ3v) is 10.5. The quantitative estimate of drug-likeness (QED) is 0.231. The van der Waals surface area contributed by atoms with Crippen molar-refractivity contribution in [1.82, 2.24) is 9.80 Å². The topological polar surface area (TPSA) is 87.1 Å². The summed E-state index contributed by atoms with van der Waals surface area (Å²) in [6.07, 6.45) is 6.45. The molecule has 1 aromatic rings. The van der Waals surface area contributed by atoms with E-state index in [-0.39, 0.29) is 42.2 Å². The number of hydrogen-bond donors (Lipinski definition) is 1. The highest BCUT2D eigenvalue weighted by Gasteiger charge is 2.77. The molecule has 2 amide bonds. The van der Waals surface area contributed by atoms with Gasteiger partial charge in [-0.2, -0.15) is 0 Å². The summed E-state index contributed by atoms with van der Waals surface area (Å²) in [5, 5.41) is 10.5. The second kappa shape index (κ2) is 12.1. The van der Waals surface area contributed by atoms with Crippen LogP contribution < -0.4 is 0 Å². The van der Waals surface area contributed by atoms with E-state index in [1.165, 1.54) is 0 Å². The molecule has 0 radical (unpaired) electrons. The van der Waals surface area contributed by atoms with Gasteiger partial charge in [-0.3, -0.25) is 14.4 Å². The average Bonchev–Trinajstić information content (AvgIpc) is 3.51. The number of unbranched alkanes of at least 4 members (excludes halogenated alkanes) is 1. The highest BCUT2D eigenvalue weighted by atomic mass is 32.2. The van der Waals surface area contributed by atoms with Crippen LogP contribution in [0.1, 0.15) is 51.1 Å². The molecule has 3 fully saturated rings. The molecule has 7 nitrogen and oxygen atoms in total. The van der Waals surface area contributed by atoms with Gasteiger partial charge in [0.25, 0.3) is 0 Å². The smallest absolute Gasteiger partial charge is 0.310 e. The van der Waals surface area contributed by atoms with Crippen LogP contribution in [-0.4, -0.2) is 75.0 Å². The number of thioether (sulfide) groups is 1. The summed E-state index contributed by atoms with van der Waals surface area (Å²) in [5.41, 5.74) is 0.763. The Morgan fingerprint density at radius 2 is 2.03 bits per heavy atom. The Hall–Kier alpha value is -2.58. The van der Waals surface area contributed by atoms with Gasteiger partial charge in [0.1, 0.15) is 6.04 Å². The number of rotatable bonds is 13. The van der Waals surface area contributed by atoms with Crippen molar-refractivity contribution in [1.29, 1.82) is 0 Å². The Balaban J connectivity index is 1.81. The van der Waals surface area contributed by atoms with Crippen LogP contribution in [0.4, 0.5) is 0 Å². The summed E-state index contributed by atoms with van der Waals surface area (Å²) in [6, 6.07) is 7.85. The number of likely N-dealkylation sites (tertiary alicyclic amines) is 1. The van der Waals surface area contributed by atoms with Gasteiger partial charge in [0, 0.05) is 18.3 Å². The van der Waals surface area contributed by atoms with E-state index in [2.05, 4.69) is 27.0 Å². The fourth-order valence-electron chi connectivity index (χ4n) is 6.68. The molecule has 3 saturated heterocycles. The number of aliphatic hydroxyl groups excluding tert-OH is 1. The lowest BCUT2D eigenvalue weighted by Gasteiger charge is -2.42. The summed E-state index contributed by atoms with van der Waals surface area (Å²) >= 11 is 1.62. The zero-order chi connectivity index (χ0) is 27.4. The van der Waals surface area contributed by atoms with Gasteiger partial charge in [0.2, 0.25) is 11.8 Å². The SMILES string of the molecule is C=CCCOC(=O)[C@@H]1[C@H]2C(=O)N([C@H](CO)c3ccccc3)C(C(=O)N(CC=C)CCCC)C23S[C@@H]1CC3C. The van der Waals surface area contributed by atoms with Gasteiger partial charge in [0.05, 0.1) is 35.8 Å². The summed E-state index contributed by atoms with van der Waals surface area (Å²) in [7, 11) is 0. The van der Waals surface area contributed by atoms with Gasteiger partial charge in [-0.25, -0.2) is 0 Å². The zero-order valence-corrected chi connectivity index (χ0v) is 23.3. The first-order valence-electron chi connectivity index (χ1n) is 13.7. The third-order valence-electron chi connectivity index (χ3n) is 8.39. The molecule has 38 heavy (non-hydrogen) atoms. The van der Waals surface area contributed by atoms with Gasteiger partial charge in [-0.1, -0.05) is 62.8 Å². The van der Waals surface area contributed by atoms with Crippen molar-refractivity contribution >= 4 is 29.5 Å². The number of carbonyl (C=O) groups excluding carboxylic acids is 3. The summed E-state index contributed by atoms with van der Waals surface area (Å²) < 4.78 is 4.83. The maximum Gasteiger partial charge on any atom is 0.310 e. The molecule has 4 rings (SSSR count). The van der Waals surface area contributed by atoms with Crippen LogP contribution in [0.5, 0.6) is 0 Å². The lowest BCUT2D eigenvalue weighted by Crippen LogP contribution is -2.58. The Labute approximate surface area is 230 Å². The molecule has 1 N–H and O–H groups in total. The van der Waals surface area contributed by atoms with E-state index in [1.807, 2.05) is 30.3 Å². The fourth-order valence-corrected chi connectivity index (χ4v) is 9.07. The Morgan fingerprint density at radius 3 is 2.66 bits per heavy atom. The predicted molar refractivity (Wildman–Crippen MR) is 149 cm³/mol. The van der Waals surface area contributed by atoms with Crippen LogP contribution in [0.3, 0.4) is 0 Å². The summed E-state index contributed by atoms with van der Waals surface area (Å²) in [4.78, 5) is 45.7. The van der Waals surface area contributed by atoms with Crippen molar-refractivity contribution in [3.63, 3.8) is 0 Å². The molecule has 0 aliphatic carbocycles. The van der Waals surface area contributed by atoms with Gasteiger partial charge >= 0.3 is 5.97 Å². The van der Waals surface area contributed by atoms with E-state index in [4.69, 9.17) is 4.74 Å². The summed E-state index contributed by atoms with van der Waals surface area (Å²) in [6.45, 7) is 12.6. The number of hydrogen-bond acceptors (Lipinski definition) is 6. The van der Waals surface area contributed by atoms with E-state index in [0.717, 1.165) is 24.8 Å². The molecule has 1 aromatic carbocycles. The highest BCUT2D eigenvalue weighted by molar-refractivity contribution is 8.02. The molecule has 7 atom stereocenters. The van der Waals surface area contributed by atoms with E-state index < -0.39 is 28.7 Å². The summed E-state index contributed by atoms with van der Waals surface area (Å²) in [5.74, 6) is -2.02. The van der Waals surface area contributed by atoms with Crippen molar-refractivity contribution < 1.29 is 24.2 Å². The highest BCUT2D eigenvalue weighted by Crippen LogP contribution is 2.69. The van der Waals surface area contributed by atoms with E-state index >= 15 is 0 Å². The second-order valence-corrected chi connectivity index (χ2v) is 12.1. The number of carbonyl (C=O) groups is 3. The number of amides is 2. The molecular formula is C30H40N2O5S. The third kappa shape index (κ3) is 4.70. The first-order valence-corrected chi connectivity index (χ1v) is 14.6. The Bertz CT molecular complexity index is 1050. The van der Waals surface area contributed by atoms with Gasteiger partial charge in [-0.15, -0.1) is 24.9 Å². The number of esters is 1. The maximum atomic E-state index is 14.5. The fraction of sp³-hybridized carbons (Fsp3) is 0.567. The molecule has 8 heteroatoms. The average molecular weight is 541 g/mol. The Kier molecular flexibility index (Phi) is 9.04. The van der Waals surface area contributed by atoms with Gasteiger partial charge in [-0.05, 0) is 30.7 Å². The first-order chi connectivity index (χ1) is 18.4. The molecule has 0 aromatic heterocycles. The predicted octanol–water partition coefficient (Wildman–Crippen LogP) is 3.99. The molecule has 206 valence electrons. The van der Waals surface area contributed by atoms with Crippen molar-refractivity contribution in [3.05, 3.63) is 61.2 Å². The van der Waals surface area contributed by atoms with Gasteiger partial charge < -0.3 is 19.6 Å². The van der Waals surface area contributed by atoms with E-state index in [0.29, 0.717) is 19.5 Å². The maximum absolute atomic E-state index is 14.5. The van der Waals surface area contributed by atoms with Crippen LogP contribution in [0, 0.1) is 17.8 Å². The minimum absolute atomic E-state index is 0.0366. The van der Waals surface area contributed by atoms with Crippen molar-refractivity contribution in [2.24, 2.45) is 17.8 Å². The number of nitrogens with zero attached hydrogens (tertiary/aromatic N) is 2. The van der Waals surface area contributed by atoms with E-state index in [9.17, 15) is 19.5 Å². The van der Waals surface area contributed by atoms with Gasteiger partial charge in [0.15, 0.2) is 0 Å². The molecule has 3 aliphatic rings.